The first-order chi connectivity index (χ1) is 18.4. The predicted octanol–water partition coefficient (Wildman–Crippen LogP) is 5.05. The van der Waals surface area contributed by atoms with E-state index in [0.717, 1.165) is 30.5 Å². The maximum Gasteiger partial charge on any atom is 0.259 e. The molecule has 0 aliphatic carbocycles. The highest BCUT2D eigenvalue weighted by molar-refractivity contribution is 8.15. The average molecular weight is 534 g/mol. The van der Waals surface area contributed by atoms with Gasteiger partial charge in [-0.2, -0.15) is 0 Å². The summed E-state index contributed by atoms with van der Waals surface area (Å²) in [4.78, 5) is 50.0. The van der Waals surface area contributed by atoms with Crippen molar-refractivity contribution >= 4 is 51.9 Å². The van der Waals surface area contributed by atoms with Gasteiger partial charge in [0.15, 0.2) is 5.17 Å². The molecule has 0 saturated carbocycles. The summed E-state index contributed by atoms with van der Waals surface area (Å²) >= 11 is 1.27. The highest BCUT2D eigenvalue weighted by Crippen LogP contribution is 2.36. The summed E-state index contributed by atoms with van der Waals surface area (Å²) in [5.74, 6) is 0.0980. The molecule has 0 saturated heterocycles. The van der Waals surface area contributed by atoms with Gasteiger partial charge < -0.3 is 10.6 Å². The molecule has 0 fully saturated rings. The number of hydrogen-bond acceptors (Lipinski definition) is 6. The minimum absolute atomic E-state index is 0.0744. The van der Waals surface area contributed by atoms with Crippen LogP contribution in [0.15, 0.2) is 58.5 Å². The van der Waals surface area contributed by atoms with E-state index < -0.39 is 11.3 Å². The lowest BCUT2D eigenvalue weighted by Gasteiger charge is -2.27. The number of aliphatic imine (C=N–C) groups is 2. The van der Waals surface area contributed by atoms with E-state index in [0.29, 0.717) is 36.1 Å². The first kappa shape index (κ1) is 27.6. The second-order valence-electron chi connectivity index (χ2n) is 9.35. The zero-order valence-corrected chi connectivity index (χ0v) is 23.0. The van der Waals surface area contributed by atoms with E-state index >= 15 is 0 Å². The summed E-state index contributed by atoms with van der Waals surface area (Å²) in [5, 5.41) is 5.87. The Labute approximate surface area is 228 Å². The van der Waals surface area contributed by atoms with Crippen LogP contribution in [0, 0.1) is 0 Å². The second-order valence-corrected chi connectivity index (χ2v) is 10.5. The zero-order valence-electron chi connectivity index (χ0n) is 22.2. The van der Waals surface area contributed by atoms with Crippen LogP contribution in [-0.4, -0.2) is 51.5 Å². The van der Waals surface area contributed by atoms with Crippen molar-refractivity contribution in [1.29, 1.82) is 0 Å². The number of fused-ring (bicyclic) bond motifs is 3. The molecule has 0 unspecified atom stereocenters. The third-order valence-corrected chi connectivity index (χ3v) is 7.90. The standard InChI is InChI=1S/C29H35N5O3S/c1-4-7-18-30-25(35)17-16-23-28(37)34-26(32-23)21-10-8-9-11-22(21)33-29(34)38-24(6-3)27(36)31-20-14-12-19(5-2)13-15-20/h8-15,23-24H,4-7,16-18H2,1-3H3,(H,30,35)(H,31,36)/t23-,24+/m1/s1. The van der Waals surface area contributed by atoms with Crippen LogP contribution in [0.4, 0.5) is 11.4 Å². The monoisotopic (exact) mass is 533 g/mol. The molecular formula is C29H35N5O3S. The van der Waals surface area contributed by atoms with Gasteiger partial charge in [-0.25, -0.2) is 9.89 Å². The quantitative estimate of drug-likeness (QED) is 0.394. The number of unbranched alkanes of at least 4 members (excludes halogenated alkanes) is 1. The maximum atomic E-state index is 13.5. The van der Waals surface area contributed by atoms with Gasteiger partial charge in [0, 0.05) is 24.2 Å². The minimum atomic E-state index is -0.662. The van der Waals surface area contributed by atoms with Crippen molar-refractivity contribution in [2.75, 3.05) is 11.9 Å². The van der Waals surface area contributed by atoms with Crippen molar-refractivity contribution in [3.8, 4) is 0 Å². The largest absolute Gasteiger partial charge is 0.356 e. The van der Waals surface area contributed by atoms with Crippen LogP contribution in [0.25, 0.3) is 0 Å². The van der Waals surface area contributed by atoms with E-state index in [1.165, 1.54) is 22.2 Å². The number of anilines is 1. The Morgan fingerprint density at radius 3 is 2.55 bits per heavy atom. The van der Waals surface area contributed by atoms with E-state index in [9.17, 15) is 14.4 Å². The summed E-state index contributed by atoms with van der Waals surface area (Å²) in [6.07, 6.45) is 3.96. The van der Waals surface area contributed by atoms with Crippen LogP contribution >= 0.6 is 11.8 Å². The van der Waals surface area contributed by atoms with Gasteiger partial charge in [0.2, 0.25) is 11.8 Å². The molecule has 0 aromatic heterocycles. The molecule has 200 valence electrons. The van der Waals surface area contributed by atoms with Gasteiger partial charge in [0.1, 0.15) is 11.9 Å². The number of para-hydroxylation sites is 1. The number of carbonyl (C=O) groups is 3. The number of amidine groups is 2. The number of benzene rings is 2. The smallest absolute Gasteiger partial charge is 0.259 e. The highest BCUT2D eigenvalue weighted by atomic mass is 32.2. The van der Waals surface area contributed by atoms with E-state index in [1.54, 1.807) is 0 Å². The van der Waals surface area contributed by atoms with Crippen LogP contribution in [0.2, 0.25) is 0 Å². The summed E-state index contributed by atoms with van der Waals surface area (Å²) in [6, 6.07) is 14.7. The van der Waals surface area contributed by atoms with Crippen LogP contribution in [0.3, 0.4) is 0 Å². The fraction of sp³-hybridized carbons (Fsp3) is 0.414. The lowest BCUT2D eigenvalue weighted by Crippen LogP contribution is -2.42. The molecular weight excluding hydrogens is 498 g/mol. The van der Waals surface area contributed by atoms with E-state index in [2.05, 4.69) is 24.5 Å². The van der Waals surface area contributed by atoms with Crippen LogP contribution < -0.4 is 10.6 Å². The topological polar surface area (TPSA) is 103 Å². The fourth-order valence-corrected chi connectivity index (χ4v) is 5.35. The number of hydrogen-bond donors (Lipinski definition) is 2. The first-order valence-corrected chi connectivity index (χ1v) is 14.3. The molecule has 2 atom stereocenters. The lowest BCUT2D eigenvalue weighted by molar-refractivity contribution is -0.125. The summed E-state index contributed by atoms with van der Waals surface area (Å²) in [7, 11) is 0. The molecule has 2 heterocycles. The molecule has 8 nitrogen and oxygen atoms in total. The molecule has 2 aliphatic rings. The molecule has 2 aliphatic heterocycles. The number of rotatable bonds is 11. The first-order valence-electron chi connectivity index (χ1n) is 13.4. The SMILES string of the molecule is CCCCNC(=O)CC[C@H]1N=C2c3ccccc3N=C(S[C@@H](CC)C(=O)Nc3ccc(CC)cc3)N2C1=O. The molecule has 0 bridgehead atoms. The third kappa shape index (κ3) is 6.32. The van der Waals surface area contributed by atoms with Crippen molar-refractivity contribution in [1.82, 2.24) is 10.2 Å². The molecule has 38 heavy (non-hydrogen) atoms. The Bertz CT molecular complexity index is 1240. The second kappa shape index (κ2) is 12.9. The summed E-state index contributed by atoms with van der Waals surface area (Å²) in [6.45, 7) is 6.74. The third-order valence-electron chi connectivity index (χ3n) is 6.59. The Balaban J connectivity index is 1.50. The number of nitrogens with zero attached hydrogens (tertiary/aromatic N) is 3. The van der Waals surface area contributed by atoms with E-state index in [1.807, 2.05) is 55.5 Å². The van der Waals surface area contributed by atoms with Crippen molar-refractivity contribution in [3.63, 3.8) is 0 Å². The lowest BCUT2D eigenvalue weighted by atomic mass is 10.1. The molecule has 0 spiro atoms. The molecule has 0 radical (unpaired) electrons. The molecule has 4 rings (SSSR count). The Kier molecular flexibility index (Phi) is 9.33. The minimum Gasteiger partial charge on any atom is -0.356 e. The Morgan fingerprint density at radius 1 is 1.08 bits per heavy atom. The Morgan fingerprint density at radius 2 is 1.84 bits per heavy atom. The molecule has 2 N–H and O–H groups in total. The van der Waals surface area contributed by atoms with Gasteiger partial charge >= 0.3 is 0 Å². The van der Waals surface area contributed by atoms with Crippen molar-refractivity contribution < 1.29 is 14.4 Å². The Hall–Kier alpha value is -3.46. The number of aryl methyl sites for hydroxylation is 1. The summed E-state index contributed by atoms with van der Waals surface area (Å²) in [5.41, 5.74) is 3.42. The number of nitrogens with one attached hydrogen (secondary N) is 2. The van der Waals surface area contributed by atoms with Crippen LogP contribution in [0.5, 0.6) is 0 Å². The zero-order chi connectivity index (χ0) is 27.1. The van der Waals surface area contributed by atoms with Crippen molar-refractivity contribution in [2.24, 2.45) is 9.98 Å². The van der Waals surface area contributed by atoms with Gasteiger partial charge in [0.05, 0.1) is 10.9 Å². The normalized spacial score (nSPS) is 16.8. The highest BCUT2D eigenvalue weighted by Gasteiger charge is 2.42. The summed E-state index contributed by atoms with van der Waals surface area (Å²) < 4.78 is 0. The van der Waals surface area contributed by atoms with Gasteiger partial charge in [-0.05, 0) is 55.5 Å². The van der Waals surface area contributed by atoms with E-state index in [4.69, 9.17) is 9.98 Å². The van der Waals surface area contributed by atoms with Gasteiger partial charge in [0.25, 0.3) is 5.91 Å². The maximum absolute atomic E-state index is 13.5. The van der Waals surface area contributed by atoms with Crippen molar-refractivity contribution in [2.45, 2.75) is 70.6 Å². The van der Waals surface area contributed by atoms with Gasteiger partial charge in [-0.1, -0.05) is 63.2 Å². The van der Waals surface area contributed by atoms with Crippen LogP contribution in [0.1, 0.15) is 64.0 Å². The van der Waals surface area contributed by atoms with E-state index in [-0.39, 0.29) is 24.1 Å². The van der Waals surface area contributed by atoms with Crippen LogP contribution in [-0.2, 0) is 20.8 Å². The van der Waals surface area contributed by atoms with Crippen molar-refractivity contribution in [3.05, 3.63) is 59.7 Å². The molecule has 2 aromatic carbocycles. The predicted molar refractivity (Wildman–Crippen MR) is 154 cm³/mol. The van der Waals surface area contributed by atoms with Gasteiger partial charge in [-0.3, -0.25) is 19.4 Å². The molecule has 3 amide bonds. The molecule has 2 aromatic rings. The fourth-order valence-electron chi connectivity index (χ4n) is 4.33. The number of amides is 3. The average Bonchev–Trinajstić information content (AvgIpc) is 3.27. The number of carbonyl (C=O) groups excluding carboxylic acids is 3. The molecule has 9 heteroatoms. The number of thioether (sulfide) groups is 1. The van der Waals surface area contributed by atoms with Gasteiger partial charge in [-0.15, -0.1) is 0 Å².